The van der Waals surface area contributed by atoms with E-state index >= 15 is 0 Å². The first-order valence-corrected chi connectivity index (χ1v) is 7.27. The van der Waals surface area contributed by atoms with E-state index in [1.165, 1.54) is 0 Å². The molecule has 24 heavy (non-hydrogen) atoms. The summed E-state index contributed by atoms with van der Waals surface area (Å²) in [5, 5.41) is 4.98. The molecule has 1 saturated heterocycles. The molecular formula is C15H21ClN4O4. The Morgan fingerprint density at radius 1 is 1.33 bits per heavy atom. The molecule has 0 aromatic heterocycles. The van der Waals surface area contributed by atoms with Gasteiger partial charge in [-0.3, -0.25) is 14.4 Å². The first-order chi connectivity index (χ1) is 11.1. The molecule has 1 heterocycles. The number of anilines is 1. The van der Waals surface area contributed by atoms with Gasteiger partial charge in [-0.2, -0.15) is 0 Å². The molecule has 3 amide bonds. The quantitative estimate of drug-likeness (QED) is 0.630. The molecule has 1 fully saturated rings. The number of nitrogens with zero attached hydrogens (tertiary/aromatic N) is 1. The molecule has 9 heteroatoms. The number of carbonyl (C=O) groups is 3. The molecule has 1 unspecified atom stereocenters. The predicted octanol–water partition coefficient (Wildman–Crippen LogP) is -0.587. The van der Waals surface area contributed by atoms with Crippen LogP contribution in [0.3, 0.4) is 0 Å². The number of benzene rings is 1. The second kappa shape index (κ2) is 9.09. The number of halogens is 1. The van der Waals surface area contributed by atoms with Crippen molar-refractivity contribution in [1.82, 2.24) is 10.6 Å². The van der Waals surface area contributed by atoms with Crippen LogP contribution in [0, 0.1) is 0 Å². The third-order valence-electron chi connectivity index (χ3n) is 3.55. The molecule has 2 rings (SSSR count). The van der Waals surface area contributed by atoms with E-state index in [-0.39, 0.29) is 31.4 Å². The maximum Gasteiger partial charge on any atom is 0.249 e. The van der Waals surface area contributed by atoms with Gasteiger partial charge in [0.15, 0.2) is 0 Å². The number of hydrogen-bond acceptors (Lipinski definition) is 5. The summed E-state index contributed by atoms with van der Waals surface area (Å²) in [6, 6.07) is 6.60. The number of methoxy groups -OCH3 is 1. The first kappa shape index (κ1) is 19.7. The lowest BCUT2D eigenvalue weighted by atomic mass is 10.2. The fourth-order valence-corrected chi connectivity index (χ4v) is 2.40. The average molecular weight is 357 g/mol. The van der Waals surface area contributed by atoms with Crippen LogP contribution < -0.4 is 26.0 Å². The number of amides is 3. The third kappa shape index (κ3) is 4.59. The van der Waals surface area contributed by atoms with E-state index in [2.05, 4.69) is 10.6 Å². The van der Waals surface area contributed by atoms with Gasteiger partial charge in [0.05, 0.1) is 25.9 Å². The maximum absolute atomic E-state index is 12.5. The van der Waals surface area contributed by atoms with Gasteiger partial charge >= 0.3 is 0 Å². The van der Waals surface area contributed by atoms with Crippen LogP contribution in [-0.4, -0.2) is 50.5 Å². The minimum atomic E-state index is -0.609. The van der Waals surface area contributed by atoms with Crippen molar-refractivity contribution in [3.8, 4) is 5.75 Å². The van der Waals surface area contributed by atoms with Crippen LogP contribution in [0.15, 0.2) is 24.3 Å². The maximum atomic E-state index is 12.5. The van der Waals surface area contributed by atoms with Gasteiger partial charge in [0, 0.05) is 6.54 Å². The van der Waals surface area contributed by atoms with Gasteiger partial charge in [0.2, 0.25) is 17.7 Å². The Bertz CT molecular complexity index is 611. The zero-order chi connectivity index (χ0) is 16.8. The lowest BCUT2D eigenvalue weighted by Gasteiger charge is -2.19. The van der Waals surface area contributed by atoms with Crippen LogP contribution in [0.4, 0.5) is 5.69 Å². The van der Waals surface area contributed by atoms with Gasteiger partial charge in [0.1, 0.15) is 11.8 Å². The fourth-order valence-electron chi connectivity index (χ4n) is 2.40. The van der Waals surface area contributed by atoms with E-state index in [1.54, 1.807) is 24.1 Å². The highest BCUT2D eigenvalue weighted by atomic mass is 35.5. The van der Waals surface area contributed by atoms with Gasteiger partial charge in [-0.15, -0.1) is 12.4 Å². The van der Waals surface area contributed by atoms with Crippen molar-refractivity contribution in [2.75, 3.05) is 31.6 Å². The summed E-state index contributed by atoms with van der Waals surface area (Å²) in [7, 11) is 1.54. The molecule has 132 valence electrons. The normalized spacial score (nSPS) is 16.3. The summed E-state index contributed by atoms with van der Waals surface area (Å²) in [5.41, 5.74) is 5.81. The number of carbonyl (C=O) groups excluding carboxylic acids is 3. The molecule has 0 radical (unpaired) electrons. The van der Waals surface area contributed by atoms with Gasteiger partial charge < -0.3 is 26.0 Å². The van der Waals surface area contributed by atoms with Crippen LogP contribution in [0.1, 0.15) is 6.42 Å². The molecule has 1 aliphatic rings. The number of ether oxygens (including phenoxy) is 1. The van der Waals surface area contributed by atoms with Gasteiger partial charge in [-0.05, 0) is 18.6 Å². The number of hydrogen-bond donors (Lipinski definition) is 3. The molecular weight excluding hydrogens is 336 g/mol. The van der Waals surface area contributed by atoms with E-state index in [0.29, 0.717) is 24.4 Å². The summed E-state index contributed by atoms with van der Waals surface area (Å²) < 4.78 is 5.26. The Labute approximate surface area is 146 Å². The monoisotopic (exact) mass is 356 g/mol. The van der Waals surface area contributed by atoms with Crippen molar-refractivity contribution in [2.24, 2.45) is 5.73 Å². The molecule has 0 saturated carbocycles. The van der Waals surface area contributed by atoms with Crippen molar-refractivity contribution in [1.29, 1.82) is 0 Å². The summed E-state index contributed by atoms with van der Waals surface area (Å²) in [6.45, 7) is 0.102. The molecule has 1 aromatic carbocycles. The number of para-hydroxylation sites is 2. The van der Waals surface area contributed by atoms with E-state index in [0.717, 1.165) is 0 Å². The van der Waals surface area contributed by atoms with E-state index in [4.69, 9.17) is 10.5 Å². The molecule has 8 nitrogen and oxygen atoms in total. The topological polar surface area (TPSA) is 114 Å². The largest absolute Gasteiger partial charge is 0.495 e. The van der Waals surface area contributed by atoms with Crippen molar-refractivity contribution in [3.63, 3.8) is 0 Å². The summed E-state index contributed by atoms with van der Waals surface area (Å²) >= 11 is 0. The Balaban J connectivity index is 0.00000288. The molecule has 4 N–H and O–H groups in total. The Hall–Kier alpha value is -2.32. The molecule has 0 bridgehead atoms. The molecule has 0 spiro atoms. The smallest absolute Gasteiger partial charge is 0.249 e. The van der Waals surface area contributed by atoms with E-state index in [1.807, 2.05) is 12.1 Å². The molecule has 1 aliphatic heterocycles. The second-order valence-electron chi connectivity index (χ2n) is 5.05. The molecule has 0 aliphatic carbocycles. The van der Waals surface area contributed by atoms with Gasteiger partial charge in [-0.1, -0.05) is 12.1 Å². The highest BCUT2D eigenvalue weighted by Gasteiger charge is 2.34. The third-order valence-corrected chi connectivity index (χ3v) is 3.55. The highest BCUT2D eigenvalue weighted by molar-refractivity contribution is 6.02. The number of nitrogens with one attached hydrogen (secondary N) is 2. The van der Waals surface area contributed by atoms with Crippen LogP contribution in [0.5, 0.6) is 5.75 Å². The van der Waals surface area contributed by atoms with Crippen molar-refractivity contribution in [2.45, 2.75) is 12.5 Å². The van der Waals surface area contributed by atoms with Crippen LogP contribution >= 0.6 is 12.4 Å². The zero-order valence-electron chi connectivity index (χ0n) is 13.3. The summed E-state index contributed by atoms with van der Waals surface area (Å²) in [4.78, 5) is 36.8. The molecule has 1 aromatic rings. The van der Waals surface area contributed by atoms with Crippen LogP contribution in [0.25, 0.3) is 0 Å². The fraction of sp³-hybridized carbons (Fsp3) is 0.400. The van der Waals surface area contributed by atoms with Crippen LogP contribution in [-0.2, 0) is 14.4 Å². The van der Waals surface area contributed by atoms with Crippen molar-refractivity contribution >= 4 is 35.8 Å². The zero-order valence-corrected chi connectivity index (χ0v) is 14.1. The van der Waals surface area contributed by atoms with Gasteiger partial charge in [-0.25, -0.2) is 0 Å². The first-order valence-electron chi connectivity index (χ1n) is 7.27. The van der Waals surface area contributed by atoms with Crippen molar-refractivity contribution < 1.29 is 19.1 Å². The number of nitrogens with two attached hydrogens (primary N) is 1. The lowest BCUT2D eigenvalue weighted by molar-refractivity contribution is -0.127. The van der Waals surface area contributed by atoms with Crippen molar-refractivity contribution in [3.05, 3.63) is 24.3 Å². The molecule has 1 atom stereocenters. The average Bonchev–Trinajstić information content (AvgIpc) is 2.93. The lowest BCUT2D eigenvalue weighted by Crippen LogP contribution is -2.46. The Morgan fingerprint density at radius 3 is 2.71 bits per heavy atom. The minimum Gasteiger partial charge on any atom is -0.495 e. The Morgan fingerprint density at radius 2 is 2.04 bits per heavy atom. The Kier molecular flexibility index (Phi) is 7.47. The van der Waals surface area contributed by atoms with E-state index in [9.17, 15) is 14.4 Å². The second-order valence-corrected chi connectivity index (χ2v) is 5.05. The van der Waals surface area contributed by atoms with E-state index < -0.39 is 17.9 Å². The highest BCUT2D eigenvalue weighted by Crippen LogP contribution is 2.30. The summed E-state index contributed by atoms with van der Waals surface area (Å²) in [5.74, 6) is -0.448. The summed E-state index contributed by atoms with van der Waals surface area (Å²) in [6.07, 6.45) is 0.494. The van der Waals surface area contributed by atoms with Crippen LogP contribution in [0.2, 0.25) is 0 Å². The minimum absolute atomic E-state index is 0. The van der Waals surface area contributed by atoms with Gasteiger partial charge in [0.25, 0.3) is 0 Å². The predicted molar refractivity (Wildman–Crippen MR) is 91.2 cm³/mol. The SMILES string of the molecule is COc1ccccc1N1CCC(NC(=O)CNC(=O)CN)C1=O.Cl. The standard InChI is InChI=1S/C15H20N4O4.ClH/c1-23-12-5-3-2-4-11(12)19-7-6-10(15(19)22)18-14(21)9-17-13(20)8-16;/h2-5,10H,6-9,16H2,1H3,(H,17,20)(H,18,21);1H. The number of rotatable bonds is 6.